The summed E-state index contributed by atoms with van der Waals surface area (Å²) in [5, 5.41) is 26.1. The number of β-amino-alcohol motifs (C(OH)–C–C–N with tert-alkyl or cyclic N) is 1. The van der Waals surface area contributed by atoms with Gasteiger partial charge >= 0.3 is 0 Å². The van der Waals surface area contributed by atoms with Gasteiger partial charge in [-0.25, -0.2) is 4.68 Å². The van der Waals surface area contributed by atoms with Crippen LogP contribution in [-0.2, 0) is 11.0 Å². The van der Waals surface area contributed by atoms with E-state index in [-0.39, 0.29) is 23.9 Å². The first-order valence-corrected chi connectivity index (χ1v) is 8.60. The molecule has 0 aliphatic carbocycles. The third-order valence-corrected chi connectivity index (χ3v) is 4.66. The first-order chi connectivity index (χ1) is 11.6. The topological polar surface area (TPSA) is 99.9 Å². The van der Waals surface area contributed by atoms with Crippen LogP contribution in [0.5, 0.6) is 0 Å². The molecule has 0 aromatic carbocycles. The summed E-state index contributed by atoms with van der Waals surface area (Å²) < 4.78 is 1.71. The highest BCUT2D eigenvalue weighted by molar-refractivity contribution is 5.92. The Kier molecular flexibility index (Phi) is 4.18. The Balaban J connectivity index is 1.75. The van der Waals surface area contributed by atoms with Gasteiger partial charge in [-0.3, -0.25) is 9.89 Å². The molecule has 1 amide bonds. The van der Waals surface area contributed by atoms with Gasteiger partial charge in [0.1, 0.15) is 17.0 Å². The van der Waals surface area contributed by atoms with E-state index in [0.29, 0.717) is 24.4 Å². The molecule has 1 atom stereocenters. The van der Waals surface area contributed by atoms with Crippen LogP contribution >= 0.6 is 0 Å². The Morgan fingerprint density at radius 2 is 2.12 bits per heavy atom. The molecular formula is C17H26N6O2. The minimum absolute atomic E-state index is 0.105. The molecule has 3 rings (SSSR count). The van der Waals surface area contributed by atoms with Crippen molar-refractivity contribution in [1.82, 2.24) is 30.1 Å². The van der Waals surface area contributed by atoms with Crippen molar-refractivity contribution < 1.29 is 9.90 Å². The lowest BCUT2D eigenvalue weighted by Gasteiger charge is -2.20. The van der Waals surface area contributed by atoms with E-state index in [1.807, 2.05) is 13.8 Å². The summed E-state index contributed by atoms with van der Waals surface area (Å²) in [4.78, 5) is 14.3. The zero-order valence-electron chi connectivity index (χ0n) is 15.4. The summed E-state index contributed by atoms with van der Waals surface area (Å²) in [7, 11) is 0. The quantitative estimate of drug-likeness (QED) is 0.879. The Hall–Kier alpha value is -2.22. The number of hydrogen-bond acceptors (Lipinski definition) is 5. The summed E-state index contributed by atoms with van der Waals surface area (Å²) in [5.74, 6) is -0.182. The van der Waals surface area contributed by atoms with Crippen molar-refractivity contribution in [3.63, 3.8) is 0 Å². The average molecular weight is 346 g/mol. The van der Waals surface area contributed by atoms with Crippen LogP contribution in [0.4, 0.5) is 0 Å². The molecule has 3 heterocycles. The molecule has 136 valence electrons. The molecule has 8 nitrogen and oxygen atoms in total. The minimum atomic E-state index is -1.16. The van der Waals surface area contributed by atoms with Crippen molar-refractivity contribution in [3.05, 3.63) is 29.3 Å². The van der Waals surface area contributed by atoms with Crippen molar-refractivity contribution >= 4 is 5.91 Å². The molecule has 1 aliphatic heterocycles. The number of hydrogen-bond donors (Lipinski definition) is 2. The predicted octanol–water partition coefficient (Wildman–Crippen LogP) is 1.61. The van der Waals surface area contributed by atoms with Gasteiger partial charge in [-0.2, -0.15) is 5.10 Å². The number of carbonyl (C=O) groups excluding carboxylic acids is 1. The number of rotatable bonds is 3. The highest BCUT2D eigenvalue weighted by atomic mass is 16.3. The van der Waals surface area contributed by atoms with Gasteiger partial charge in [-0.15, -0.1) is 5.10 Å². The lowest BCUT2D eigenvalue weighted by atomic mass is 9.92. The van der Waals surface area contributed by atoms with Gasteiger partial charge in [0.15, 0.2) is 0 Å². The Morgan fingerprint density at radius 1 is 1.40 bits per heavy atom. The number of nitrogens with one attached hydrogen (secondary N) is 1. The van der Waals surface area contributed by atoms with Crippen LogP contribution in [0.25, 0.3) is 0 Å². The second kappa shape index (κ2) is 5.94. The number of nitrogens with zero attached hydrogens (tertiary/aromatic N) is 5. The van der Waals surface area contributed by atoms with E-state index in [1.54, 1.807) is 21.8 Å². The molecule has 2 aromatic heterocycles. The zero-order chi connectivity index (χ0) is 18.4. The zero-order valence-corrected chi connectivity index (χ0v) is 15.4. The van der Waals surface area contributed by atoms with Crippen LogP contribution in [0.2, 0.25) is 0 Å². The van der Waals surface area contributed by atoms with Gasteiger partial charge in [-0.05, 0) is 19.9 Å². The van der Waals surface area contributed by atoms with Gasteiger partial charge in [0.25, 0.3) is 5.91 Å². The Morgan fingerprint density at radius 3 is 2.68 bits per heavy atom. The van der Waals surface area contributed by atoms with Crippen molar-refractivity contribution in [2.45, 2.75) is 58.1 Å². The lowest BCUT2D eigenvalue weighted by molar-refractivity contribution is 0.0380. The highest BCUT2D eigenvalue weighted by Crippen LogP contribution is 2.32. The predicted molar refractivity (Wildman–Crippen MR) is 92.1 cm³/mol. The third-order valence-electron chi connectivity index (χ3n) is 4.66. The molecule has 1 fully saturated rings. The van der Waals surface area contributed by atoms with E-state index < -0.39 is 5.60 Å². The van der Waals surface area contributed by atoms with Gasteiger partial charge in [0.05, 0.1) is 12.7 Å². The first kappa shape index (κ1) is 17.6. The second-order valence-corrected chi connectivity index (χ2v) is 8.10. The van der Waals surface area contributed by atoms with Crippen LogP contribution in [-0.4, -0.2) is 54.2 Å². The molecule has 2 N–H and O–H groups in total. The van der Waals surface area contributed by atoms with E-state index in [9.17, 15) is 9.90 Å². The van der Waals surface area contributed by atoms with Crippen molar-refractivity contribution in [2.75, 3.05) is 13.1 Å². The number of amides is 1. The van der Waals surface area contributed by atoms with Crippen molar-refractivity contribution in [2.24, 2.45) is 0 Å². The molecular weight excluding hydrogens is 320 g/mol. The molecule has 0 bridgehead atoms. The highest BCUT2D eigenvalue weighted by Gasteiger charge is 2.42. The number of likely N-dealkylation sites (tertiary alicyclic amines) is 1. The number of aromatic amines is 1. The smallest absolute Gasteiger partial charge is 0.274 e. The molecule has 0 radical (unpaired) electrons. The second-order valence-electron chi connectivity index (χ2n) is 8.10. The molecule has 25 heavy (non-hydrogen) atoms. The van der Waals surface area contributed by atoms with E-state index in [2.05, 4.69) is 41.3 Å². The fourth-order valence-corrected chi connectivity index (χ4v) is 2.90. The molecule has 1 saturated heterocycles. The minimum Gasteiger partial charge on any atom is -0.381 e. The monoisotopic (exact) mass is 346 g/mol. The molecule has 8 heteroatoms. The van der Waals surface area contributed by atoms with E-state index in [1.165, 1.54) is 0 Å². The van der Waals surface area contributed by atoms with Crippen molar-refractivity contribution in [3.8, 4) is 0 Å². The molecule has 0 saturated carbocycles. The standard InChI is InChI=1S/C17H26N6O2/c1-11(2)23-9-14(20-21-23)17(25)6-7-22(10-17)15(24)12-8-13(19-18-12)16(3,4)5/h8-9,11,25H,6-7,10H2,1-5H3,(H,18,19). The van der Waals surface area contributed by atoms with E-state index in [0.717, 1.165) is 5.69 Å². The number of aromatic nitrogens is 5. The fourth-order valence-electron chi connectivity index (χ4n) is 2.90. The van der Waals surface area contributed by atoms with Crippen LogP contribution < -0.4 is 0 Å². The average Bonchev–Trinajstić information content (AvgIpc) is 3.25. The lowest BCUT2D eigenvalue weighted by Crippen LogP contribution is -2.34. The van der Waals surface area contributed by atoms with Gasteiger partial charge in [-0.1, -0.05) is 26.0 Å². The summed E-state index contributed by atoms with van der Waals surface area (Å²) >= 11 is 0. The third kappa shape index (κ3) is 3.30. The fraction of sp³-hybridized carbons (Fsp3) is 0.647. The van der Waals surface area contributed by atoms with Crippen LogP contribution in [0.3, 0.4) is 0 Å². The maximum Gasteiger partial charge on any atom is 0.274 e. The maximum absolute atomic E-state index is 12.7. The SMILES string of the molecule is CC(C)n1cc(C2(O)CCN(C(=O)c3cc(C(C)(C)C)[nH]n3)C2)nn1. The summed E-state index contributed by atoms with van der Waals surface area (Å²) in [6.45, 7) is 10.8. The van der Waals surface area contributed by atoms with Gasteiger partial charge in [0.2, 0.25) is 0 Å². The van der Waals surface area contributed by atoms with E-state index in [4.69, 9.17) is 0 Å². The van der Waals surface area contributed by atoms with Gasteiger partial charge in [0, 0.05) is 30.1 Å². The van der Waals surface area contributed by atoms with Crippen LogP contribution in [0, 0.1) is 0 Å². The Labute approximate surface area is 147 Å². The summed E-state index contributed by atoms with van der Waals surface area (Å²) in [5.41, 5.74) is 0.526. The summed E-state index contributed by atoms with van der Waals surface area (Å²) in [6, 6.07) is 1.96. The molecule has 1 aliphatic rings. The van der Waals surface area contributed by atoms with Crippen LogP contribution in [0.1, 0.15) is 69.0 Å². The van der Waals surface area contributed by atoms with Gasteiger partial charge < -0.3 is 10.0 Å². The molecule has 0 spiro atoms. The maximum atomic E-state index is 12.7. The first-order valence-electron chi connectivity index (χ1n) is 8.60. The van der Waals surface area contributed by atoms with Crippen LogP contribution in [0.15, 0.2) is 12.3 Å². The number of aliphatic hydroxyl groups is 1. The Bertz CT molecular complexity index is 772. The molecule has 2 aromatic rings. The normalized spacial score (nSPS) is 21.3. The van der Waals surface area contributed by atoms with E-state index >= 15 is 0 Å². The van der Waals surface area contributed by atoms with Crippen molar-refractivity contribution in [1.29, 1.82) is 0 Å². The largest absolute Gasteiger partial charge is 0.381 e. The number of H-pyrrole nitrogens is 1. The molecule has 1 unspecified atom stereocenters. The number of carbonyl (C=O) groups is 1. The summed E-state index contributed by atoms with van der Waals surface area (Å²) in [6.07, 6.45) is 2.19.